The Morgan fingerprint density at radius 2 is 2.20 bits per heavy atom. The van der Waals surface area contributed by atoms with Gasteiger partial charge in [0.2, 0.25) is 0 Å². The number of hydrogen-bond acceptors (Lipinski definition) is 4. The summed E-state index contributed by atoms with van der Waals surface area (Å²) < 4.78 is 5.31. The van der Waals surface area contributed by atoms with E-state index in [9.17, 15) is 4.79 Å². The highest BCUT2D eigenvalue weighted by Gasteiger charge is 2.22. The second-order valence-corrected chi connectivity index (χ2v) is 6.84. The van der Waals surface area contributed by atoms with Crippen LogP contribution in [0.15, 0.2) is 36.5 Å². The summed E-state index contributed by atoms with van der Waals surface area (Å²) >= 11 is 6.04. The molecular weight excluding hydrogens is 338 g/mol. The molecule has 1 atom stereocenters. The number of pyridine rings is 1. The van der Waals surface area contributed by atoms with Gasteiger partial charge in [0.25, 0.3) is 5.91 Å². The van der Waals surface area contributed by atoms with E-state index in [0.717, 1.165) is 25.2 Å². The summed E-state index contributed by atoms with van der Waals surface area (Å²) in [5.41, 5.74) is 1.34. The number of carbonyl (C=O) groups excluding carboxylic acids is 1. The Kier molecular flexibility index (Phi) is 5.43. The number of hydrogen-bond donors (Lipinski definition) is 1. The lowest BCUT2D eigenvalue weighted by Gasteiger charge is -2.30. The molecule has 1 fully saturated rings. The normalized spacial score (nSPS) is 17.2. The van der Waals surface area contributed by atoms with Gasteiger partial charge in [0.15, 0.2) is 0 Å². The zero-order chi connectivity index (χ0) is 17.8. The molecule has 132 valence electrons. The number of methoxy groups -OCH3 is 1. The number of piperidine rings is 1. The predicted molar refractivity (Wildman–Crippen MR) is 99.8 cm³/mol. The van der Waals surface area contributed by atoms with Crippen LogP contribution in [0.4, 0.5) is 11.5 Å². The number of amides is 1. The zero-order valence-corrected chi connectivity index (χ0v) is 15.2. The number of nitrogens with zero attached hydrogens (tertiary/aromatic N) is 2. The van der Waals surface area contributed by atoms with Gasteiger partial charge in [-0.05, 0) is 49.1 Å². The lowest BCUT2D eigenvalue weighted by Crippen LogP contribution is -2.39. The molecule has 0 radical (unpaired) electrons. The minimum absolute atomic E-state index is 0.0472. The second kappa shape index (κ2) is 7.74. The molecule has 6 heteroatoms. The van der Waals surface area contributed by atoms with Crippen LogP contribution in [0.5, 0.6) is 5.75 Å². The minimum atomic E-state index is 0.0472. The van der Waals surface area contributed by atoms with Gasteiger partial charge in [-0.15, -0.1) is 0 Å². The number of carbonyl (C=O) groups is 1. The molecule has 1 aromatic carbocycles. The van der Waals surface area contributed by atoms with Crippen molar-refractivity contribution in [2.24, 2.45) is 5.92 Å². The number of anilines is 2. The second-order valence-electron chi connectivity index (χ2n) is 6.40. The Morgan fingerprint density at radius 3 is 2.88 bits per heavy atom. The molecule has 1 N–H and O–H groups in total. The van der Waals surface area contributed by atoms with Gasteiger partial charge in [0, 0.05) is 24.3 Å². The standard InChI is InChI=1S/C19H22ClN3O2/c1-13-4-3-9-23(12-13)19(24)14-5-8-18(21-11-14)22-16-10-15(20)6-7-17(16)25-2/h5-8,10-11,13H,3-4,9,12H2,1-2H3,(H,21,22). The van der Waals surface area contributed by atoms with Crippen LogP contribution in [0.1, 0.15) is 30.1 Å². The first-order chi connectivity index (χ1) is 12.1. The summed E-state index contributed by atoms with van der Waals surface area (Å²) in [5, 5.41) is 3.78. The highest BCUT2D eigenvalue weighted by atomic mass is 35.5. The van der Waals surface area contributed by atoms with Crippen LogP contribution in [0.25, 0.3) is 0 Å². The summed E-state index contributed by atoms with van der Waals surface area (Å²) in [6.07, 6.45) is 3.86. The Balaban J connectivity index is 1.72. The van der Waals surface area contributed by atoms with Crippen LogP contribution >= 0.6 is 11.6 Å². The van der Waals surface area contributed by atoms with Crippen molar-refractivity contribution in [1.82, 2.24) is 9.88 Å². The Morgan fingerprint density at radius 1 is 1.36 bits per heavy atom. The van der Waals surface area contributed by atoms with Crippen molar-refractivity contribution in [1.29, 1.82) is 0 Å². The first-order valence-corrected chi connectivity index (χ1v) is 8.80. The number of ether oxygens (including phenoxy) is 1. The maximum atomic E-state index is 12.6. The zero-order valence-electron chi connectivity index (χ0n) is 14.5. The molecule has 0 spiro atoms. The molecule has 25 heavy (non-hydrogen) atoms. The van der Waals surface area contributed by atoms with E-state index < -0.39 is 0 Å². The average Bonchev–Trinajstić information content (AvgIpc) is 2.62. The highest BCUT2D eigenvalue weighted by Crippen LogP contribution is 2.30. The number of nitrogens with one attached hydrogen (secondary N) is 1. The molecular formula is C19H22ClN3O2. The summed E-state index contributed by atoms with van der Waals surface area (Å²) in [7, 11) is 1.60. The van der Waals surface area contributed by atoms with Crippen molar-refractivity contribution in [3.63, 3.8) is 0 Å². The van der Waals surface area contributed by atoms with Crippen molar-refractivity contribution in [2.75, 3.05) is 25.5 Å². The fourth-order valence-electron chi connectivity index (χ4n) is 3.07. The Hall–Kier alpha value is -2.27. The molecule has 1 amide bonds. The molecule has 2 heterocycles. The van der Waals surface area contributed by atoms with E-state index in [-0.39, 0.29) is 5.91 Å². The fourth-order valence-corrected chi connectivity index (χ4v) is 3.24. The molecule has 0 bridgehead atoms. The average molecular weight is 360 g/mol. The molecule has 0 aliphatic carbocycles. The molecule has 1 aromatic heterocycles. The van der Waals surface area contributed by atoms with E-state index in [2.05, 4.69) is 17.2 Å². The van der Waals surface area contributed by atoms with E-state index in [1.54, 1.807) is 43.6 Å². The molecule has 2 aromatic rings. The molecule has 1 aliphatic heterocycles. The molecule has 3 rings (SSSR count). The van der Waals surface area contributed by atoms with Crippen LogP contribution in [0.3, 0.4) is 0 Å². The van der Waals surface area contributed by atoms with E-state index in [1.807, 2.05) is 4.90 Å². The van der Waals surface area contributed by atoms with Gasteiger partial charge in [0.05, 0.1) is 18.4 Å². The molecule has 1 aliphatic rings. The SMILES string of the molecule is COc1ccc(Cl)cc1Nc1ccc(C(=O)N2CCCC(C)C2)cn1. The summed E-state index contributed by atoms with van der Waals surface area (Å²) in [4.78, 5) is 18.9. The first kappa shape index (κ1) is 17.5. The Bertz CT molecular complexity index is 749. The van der Waals surface area contributed by atoms with Crippen LogP contribution in [0.2, 0.25) is 5.02 Å². The van der Waals surface area contributed by atoms with Crippen LogP contribution in [-0.2, 0) is 0 Å². The fraction of sp³-hybridized carbons (Fsp3) is 0.368. The number of benzene rings is 1. The quantitative estimate of drug-likeness (QED) is 0.881. The van der Waals surface area contributed by atoms with E-state index in [4.69, 9.17) is 16.3 Å². The van der Waals surface area contributed by atoms with Gasteiger partial charge in [0.1, 0.15) is 11.6 Å². The van der Waals surface area contributed by atoms with E-state index in [0.29, 0.717) is 28.1 Å². The van der Waals surface area contributed by atoms with Crippen molar-refractivity contribution in [2.45, 2.75) is 19.8 Å². The van der Waals surface area contributed by atoms with Crippen LogP contribution in [0, 0.1) is 5.92 Å². The van der Waals surface area contributed by atoms with Crippen LogP contribution in [-0.4, -0.2) is 36.0 Å². The molecule has 1 unspecified atom stereocenters. The monoisotopic (exact) mass is 359 g/mol. The lowest BCUT2D eigenvalue weighted by atomic mass is 10.00. The molecule has 5 nitrogen and oxygen atoms in total. The number of aromatic nitrogens is 1. The summed E-state index contributed by atoms with van der Waals surface area (Å²) in [6.45, 7) is 3.82. The largest absolute Gasteiger partial charge is 0.495 e. The lowest BCUT2D eigenvalue weighted by molar-refractivity contribution is 0.0682. The number of rotatable bonds is 4. The van der Waals surface area contributed by atoms with Gasteiger partial charge in [-0.3, -0.25) is 4.79 Å². The third-order valence-corrected chi connectivity index (χ3v) is 4.61. The van der Waals surface area contributed by atoms with Gasteiger partial charge < -0.3 is 15.0 Å². The first-order valence-electron chi connectivity index (χ1n) is 8.42. The van der Waals surface area contributed by atoms with Gasteiger partial charge >= 0.3 is 0 Å². The van der Waals surface area contributed by atoms with E-state index in [1.165, 1.54) is 6.42 Å². The van der Waals surface area contributed by atoms with Gasteiger partial charge in [-0.2, -0.15) is 0 Å². The van der Waals surface area contributed by atoms with Crippen molar-refractivity contribution in [3.05, 3.63) is 47.1 Å². The molecule has 0 saturated carbocycles. The molecule has 1 saturated heterocycles. The third kappa shape index (κ3) is 4.23. The summed E-state index contributed by atoms with van der Waals surface area (Å²) in [6, 6.07) is 8.92. The van der Waals surface area contributed by atoms with Crippen molar-refractivity contribution < 1.29 is 9.53 Å². The Labute approximate surface area is 153 Å². The van der Waals surface area contributed by atoms with Crippen molar-refractivity contribution >= 4 is 29.0 Å². The third-order valence-electron chi connectivity index (χ3n) is 4.38. The van der Waals surface area contributed by atoms with Crippen LogP contribution < -0.4 is 10.1 Å². The number of halogens is 1. The predicted octanol–water partition coefficient (Wildman–Crippen LogP) is 4.36. The summed E-state index contributed by atoms with van der Waals surface area (Å²) in [5.74, 6) is 1.91. The van der Waals surface area contributed by atoms with Crippen molar-refractivity contribution in [3.8, 4) is 5.75 Å². The number of likely N-dealkylation sites (tertiary alicyclic amines) is 1. The topological polar surface area (TPSA) is 54.5 Å². The van der Waals surface area contributed by atoms with Gasteiger partial charge in [-0.25, -0.2) is 4.98 Å². The maximum Gasteiger partial charge on any atom is 0.255 e. The van der Waals surface area contributed by atoms with Gasteiger partial charge in [-0.1, -0.05) is 18.5 Å². The minimum Gasteiger partial charge on any atom is -0.495 e. The maximum absolute atomic E-state index is 12.6. The highest BCUT2D eigenvalue weighted by molar-refractivity contribution is 6.31. The smallest absolute Gasteiger partial charge is 0.255 e. The van der Waals surface area contributed by atoms with E-state index >= 15 is 0 Å².